The van der Waals surface area contributed by atoms with Crippen LogP contribution in [0.3, 0.4) is 0 Å². The Hall–Kier alpha value is -2.34. The van der Waals surface area contributed by atoms with E-state index in [2.05, 4.69) is 26.6 Å². The van der Waals surface area contributed by atoms with E-state index < -0.39 is 5.41 Å². The predicted octanol–water partition coefficient (Wildman–Crippen LogP) is 4.96. The molecule has 1 aliphatic heterocycles. The van der Waals surface area contributed by atoms with Gasteiger partial charge in [0.05, 0.1) is 24.1 Å². The van der Waals surface area contributed by atoms with Crippen LogP contribution in [-0.2, 0) is 15.0 Å². The zero-order valence-corrected chi connectivity index (χ0v) is 17.6. The molecule has 1 saturated carbocycles. The number of benzene rings is 2. The van der Waals surface area contributed by atoms with Crippen LogP contribution in [0.25, 0.3) is 0 Å². The van der Waals surface area contributed by atoms with Crippen molar-refractivity contribution < 1.29 is 14.3 Å². The van der Waals surface area contributed by atoms with Gasteiger partial charge in [-0.05, 0) is 59.5 Å². The highest BCUT2D eigenvalue weighted by Gasteiger charge is 2.49. The lowest BCUT2D eigenvalue weighted by Gasteiger charge is -2.22. The van der Waals surface area contributed by atoms with E-state index in [4.69, 9.17) is 4.74 Å². The first-order chi connectivity index (χ1) is 13.5. The van der Waals surface area contributed by atoms with E-state index >= 15 is 0 Å². The van der Waals surface area contributed by atoms with Gasteiger partial charge in [0.1, 0.15) is 5.75 Å². The lowest BCUT2D eigenvalue weighted by Crippen LogP contribution is -2.31. The maximum Gasteiger partial charge on any atom is 0.235 e. The number of amides is 2. The highest BCUT2D eigenvalue weighted by atomic mass is 79.9. The summed E-state index contributed by atoms with van der Waals surface area (Å²) in [7, 11) is 1.60. The van der Waals surface area contributed by atoms with E-state index in [1.54, 1.807) is 7.11 Å². The van der Waals surface area contributed by atoms with Crippen LogP contribution in [0, 0.1) is 0 Å². The van der Waals surface area contributed by atoms with Crippen LogP contribution in [0.1, 0.15) is 49.7 Å². The zero-order valence-electron chi connectivity index (χ0n) is 16.0. The van der Waals surface area contributed by atoms with E-state index in [-0.39, 0.29) is 17.7 Å². The summed E-state index contributed by atoms with van der Waals surface area (Å²) in [5, 5.41) is 6.05. The number of halogens is 1. The van der Waals surface area contributed by atoms with Crippen molar-refractivity contribution in [2.24, 2.45) is 0 Å². The Morgan fingerprint density at radius 3 is 2.68 bits per heavy atom. The Balaban J connectivity index is 1.63. The molecule has 0 saturated heterocycles. The Labute approximate surface area is 173 Å². The van der Waals surface area contributed by atoms with Crippen molar-refractivity contribution in [1.82, 2.24) is 0 Å². The molecule has 0 aromatic heterocycles. The molecule has 146 valence electrons. The van der Waals surface area contributed by atoms with Crippen molar-refractivity contribution in [3.63, 3.8) is 0 Å². The van der Waals surface area contributed by atoms with Crippen LogP contribution in [0.2, 0.25) is 0 Å². The van der Waals surface area contributed by atoms with Crippen LogP contribution >= 0.6 is 15.9 Å². The van der Waals surface area contributed by atoms with Crippen LogP contribution in [0.4, 0.5) is 11.4 Å². The molecule has 1 heterocycles. The van der Waals surface area contributed by atoms with E-state index in [1.165, 1.54) is 0 Å². The van der Waals surface area contributed by atoms with Gasteiger partial charge in [0.15, 0.2) is 0 Å². The number of ether oxygens (including phenoxy) is 1. The number of anilines is 2. The molecule has 5 nitrogen and oxygen atoms in total. The third-order valence-corrected chi connectivity index (χ3v) is 6.63. The first-order valence-electron chi connectivity index (χ1n) is 9.55. The number of carbonyl (C=O) groups is 2. The number of para-hydroxylation sites is 1. The van der Waals surface area contributed by atoms with Crippen molar-refractivity contribution >= 4 is 39.1 Å². The SMILES string of the molecule is COc1ccccc1C(C)C(=O)Nc1cc(Br)c2c(c1)C1(CCCC1)C(=O)N2. The number of carbonyl (C=O) groups excluding carboxylic acids is 2. The van der Waals surface area contributed by atoms with E-state index in [9.17, 15) is 9.59 Å². The summed E-state index contributed by atoms with van der Waals surface area (Å²) in [5.41, 5.74) is 2.91. The fourth-order valence-corrected chi connectivity index (χ4v) is 4.99. The van der Waals surface area contributed by atoms with E-state index in [1.807, 2.05) is 43.3 Å². The van der Waals surface area contributed by atoms with Gasteiger partial charge in [0.2, 0.25) is 11.8 Å². The largest absolute Gasteiger partial charge is 0.496 e. The fourth-order valence-electron chi connectivity index (χ4n) is 4.43. The average Bonchev–Trinajstić information content (AvgIpc) is 3.29. The highest BCUT2D eigenvalue weighted by Crippen LogP contribution is 2.51. The topological polar surface area (TPSA) is 67.4 Å². The number of fused-ring (bicyclic) bond motifs is 2. The van der Waals surface area contributed by atoms with Gasteiger partial charge in [-0.2, -0.15) is 0 Å². The number of hydrogen-bond donors (Lipinski definition) is 2. The normalized spacial score (nSPS) is 17.9. The summed E-state index contributed by atoms with van der Waals surface area (Å²) in [6.07, 6.45) is 3.80. The van der Waals surface area contributed by atoms with Gasteiger partial charge in [0.25, 0.3) is 0 Å². The highest BCUT2D eigenvalue weighted by molar-refractivity contribution is 9.10. The molecule has 2 aliphatic rings. The molecule has 6 heteroatoms. The second-order valence-corrected chi connectivity index (χ2v) is 8.43. The molecule has 1 atom stereocenters. The molecular formula is C22H23BrN2O3. The number of nitrogens with one attached hydrogen (secondary N) is 2. The van der Waals surface area contributed by atoms with Crippen LogP contribution in [-0.4, -0.2) is 18.9 Å². The molecule has 2 aromatic rings. The minimum atomic E-state index is -0.452. The Kier molecular flexibility index (Phi) is 4.91. The first-order valence-corrected chi connectivity index (χ1v) is 10.3. The Morgan fingerprint density at radius 1 is 1.25 bits per heavy atom. The van der Waals surface area contributed by atoms with Gasteiger partial charge in [-0.1, -0.05) is 31.0 Å². The van der Waals surface area contributed by atoms with Crippen molar-refractivity contribution in [1.29, 1.82) is 0 Å². The molecule has 1 fully saturated rings. The summed E-state index contributed by atoms with van der Waals surface area (Å²) < 4.78 is 6.18. The van der Waals surface area contributed by atoms with Gasteiger partial charge in [-0.3, -0.25) is 9.59 Å². The van der Waals surface area contributed by atoms with Crippen molar-refractivity contribution in [2.75, 3.05) is 17.7 Å². The lowest BCUT2D eigenvalue weighted by molar-refractivity contribution is -0.120. The van der Waals surface area contributed by atoms with Crippen LogP contribution < -0.4 is 15.4 Å². The molecule has 1 unspecified atom stereocenters. The van der Waals surface area contributed by atoms with Crippen molar-refractivity contribution in [2.45, 2.75) is 43.9 Å². The second kappa shape index (κ2) is 7.24. The number of rotatable bonds is 4. The van der Waals surface area contributed by atoms with E-state index in [0.29, 0.717) is 11.4 Å². The van der Waals surface area contributed by atoms with Crippen LogP contribution in [0.15, 0.2) is 40.9 Å². The first kappa shape index (κ1) is 19.0. The van der Waals surface area contributed by atoms with E-state index in [0.717, 1.165) is 47.0 Å². The van der Waals surface area contributed by atoms with Crippen LogP contribution in [0.5, 0.6) is 5.75 Å². The summed E-state index contributed by atoms with van der Waals surface area (Å²) in [4.78, 5) is 25.6. The fraction of sp³-hybridized carbons (Fsp3) is 0.364. The quantitative estimate of drug-likeness (QED) is 0.702. The van der Waals surface area contributed by atoms with Gasteiger partial charge in [0, 0.05) is 15.7 Å². The smallest absolute Gasteiger partial charge is 0.235 e. The molecule has 1 aliphatic carbocycles. The molecular weight excluding hydrogens is 420 g/mol. The molecule has 2 N–H and O–H groups in total. The molecule has 0 bridgehead atoms. The lowest BCUT2D eigenvalue weighted by atomic mass is 9.80. The molecule has 0 radical (unpaired) electrons. The van der Waals surface area contributed by atoms with Gasteiger partial charge >= 0.3 is 0 Å². The minimum absolute atomic E-state index is 0.0755. The average molecular weight is 443 g/mol. The number of hydrogen-bond acceptors (Lipinski definition) is 3. The third-order valence-electron chi connectivity index (χ3n) is 6.00. The Bertz CT molecular complexity index is 951. The Morgan fingerprint density at radius 2 is 1.96 bits per heavy atom. The zero-order chi connectivity index (χ0) is 19.9. The second-order valence-electron chi connectivity index (χ2n) is 7.58. The maximum absolute atomic E-state index is 12.9. The maximum atomic E-state index is 12.9. The molecule has 1 spiro atoms. The summed E-state index contributed by atoms with van der Waals surface area (Å²) in [6, 6.07) is 11.3. The molecule has 2 aromatic carbocycles. The molecule has 4 rings (SSSR count). The summed E-state index contributed by atoms with van der Waals surface area (Å²) in [6.45, 7) is 1.86. The molecule has 2 amide bonds. The van der Waals surface area contributed by atoms with Gasteiger partial charge in [-0.25, -0.2) is 0 Å². The monoisotopic (exact) mass is 442 g/mol. The minimum Gasteiger partial charge on any atom is -0.496 e. The standard InChI is InChI=1S/C22H23BrN2O3/c1-13(15-7-3-4-8-18(15)28-2)20(26)24-14-11-16-19(17(23)12-14)25-21(27)22(16)9-5-6-10-22/h3-4,7-8,11-13H,5-6,9-10H2,1-2H3,(H,24,26)(H,25,27). The van der Waals surface area contributed by atoms with Crippen molar-refractivity contribution in [3.8, 4) is 5.75 Å². The molecule has 28 heavy (non-hydrogen) atoms. The van der Waals surface area contributed by atoms with Gasteiger partial charge < -0.3 is 15.4 Å². The van der Waals surface area contributed by atoms with Gasteiger partial charge in [-0.15, -0.1) is 0 Å². The predicted molar refractivity (Wildman–Crippen MR) is 113 cm³/mol. The summed E-state index contributed by atoms with van der Waals surface area (Å²) >= 11 is 3.56. The third kappa shape index (κ3) is 3.00. The number of methoxy groups -OCH3 is 1. The summed E-state index contributed by atoms with van der Waals surface area (Å²) in [5.74, 6) is 0.282. The van der Waals surface area contributed by atoms with Crippen molar-refractivity contribution in [3.05, 3.63) is 52.0 Å².